The van der Waals surface area contributed by atoms with Crippen molar-refractivity contribution in [2.75, 3.05) is 25.5 Å². The molecule has 1 heterocycles. The minimum absolute atomic E-state index is 0. The Kier molecular flexibility index (Phi) is 7.04. The molecular weight excluding hydrogens is 288 g/mol. The largest absolute Gasteiger partial charge is 0.381 e. The maximum atomic E-state index is 12.1. The molecule has 7 heteroatoms. The molecule has 2 aliphatic rings. The zero-order valence-corrected chi connectivity index (χ0v) is 12.8. The van der Waals surface area contributed by atoms with Gasteiger partial charge in [0.05, 0.1) is 12.4 Å². The summed E-state index contributed by atoms with van der Waals surface area (Å²) < 4.78 is 32.2. The topological polar surface area (TPSA) is 81.4 Å². The van der Waals surface area contributed by atoms with Crippen LogP contribution in [0, 0.1) is 11.8 Å². The zero-order valence-electron chi connectivity index (χ0n) is 11.2. The molecule has 19 heavy (non-hydrogen) atoms. The Morgan fingerprint density at radius 2 is 1.95 bits per heavy atom. The van der Waals surface area contributed by atoms with Crippen LogP contribution in [0.3, 0.4) is 0 Å². The first-order valence-corrected chi connectivity index (χ1v) is 8.54. The Labute approximate surface area is 122 Å². The van der Waals surface area contributed by atoms with E-state index in [4.69, 9.17) is 10.5 Å². The highest BCUT2D eigenvalue weighted by Crippen LogP contribution is 2.28. The standard InChI is InChI=1S/C12H24N2O3S.ClH/c13-7-12(11-3-1-2-4-11)14-18(15,16)9-10-5-6-17-8-10;/h10-12,14H,1-9,13H2;1H. The van der Waals surface area contributed by atoms with E-state index in [2.05, 4.69) is 4.72 Å². The van der Waals surface area contributed by atoms with Crippen molar-refractivity contribution in [2.24, 2.45) is 17.6 Å². The fourth-order valence-corrected chi connectivity index (χ4v) is 4.73. The van der Waals surface area contributed by atoms with Crippen molar-refractivity contribution in [1.82, 2.24) is 4.72 Å². The lowest BCUT2D eigenvalue weighted by Gasteiger charge is -2.23. The zero-order chi connectivity index (χ0) is 13.0. The molecule has 2 atom stereocenters. The maximum absolute atomic E-state index is 12.1. The van der Waals surface area contributed by atoms with E-state index in [0.29, 0.717) is 25.7 Å². The second kappa shape index (κ2) is 7.78. The molecule has 0 aromatic carbocycles. The fourth-order valence-electron chi connectivity index (χ4n) is 3.00. The number of hydrogen-bond acceptors (Lipinski definition) is 4. The summed E-state index contributed by atoms with van der Waals surface area (Å²) >= 11 is 0. The minimum Gasteiger partial charge on any atom is -0.381 e. The van der Waals surface area contributed by atoms with Gasteiger partial charge in [-0.15, -0.1) is 12.4 Å². The van der Waals surface area contributed by atoms with Crippen molar-refractivity contribution in [3.05, 3.63) is 0 Å². The van der Waals surface area contributed by atoms with Crippen LogP contribution in [0.25, 0.3) is 0 Å². The molecule has 1 aliphatic carbocycles. The summed E-state index contributed by atoms with van der Waals surface area (Å²) in [5.74, 6) is 0.741. The minimum atomic E-state index is -3.22. The van der Waals surface area contributed by atoms with Crippen LogP contribution in [0.1, 0.15) is 32.1 Å². The second-order valence-electron chi connectivity index (χ2n) is 5.52. The van der Waals surface area contributed by atoms with Crippen molar-refractivity contribution in [3.8, 4) is 0 Å². The first-order chi connectivity index (χ1) is 8.61. The van der Waals surface area contributed by atoms with Gasteiger partial charge in [-0.2, -0.15) is 0 Å². The summed E-state index contributed by atoms with van der Waals surface area (Å²) in [4.78, 5) is 0. The van der Waals surface area contributed by atoms with Gasteiger partial charge in [0, 0.05) is 19.2 Å². The first kappa shape index (κ1) is 17.2. The van der Waals surface area contributed by atoms with E-state index >= 15 is 0 Å². The highest BCUT2D eigenvalue weighted by atomic mass is 35.5. The van der Waals surface area contributed by atoms with E-state index in [0.717, 1.165) is 19.3 Å². The Balaban J connectivity index is 0.00000180. The molecule has 114 valence electrons. The van der Waals surface area contributed by atoms with Crippen LogP contribution in [0.5, 0.6) is 0 Å². The van der Waals surface area contributed by atoms with Gasteiger partial charge in [0.15, 0.2) is 0 Å². The molecule has 0 bridgehead atoms. The van der Waals surface area contributed by atoms with Crippen molar-refractivity contribution < 1.29 is 13.2 Å². The van der Waals surface area contributed by atoms with Crippen LogP contribution in [-0.4, -0.2) is 40.0 Å². The van der Waals surface area contributed by atoms with Crippen LogP contribution >= 0.6 is 12.4 Å². The normalized spacial score (nSPS) is 26.3. The lowest BCUT2D eigenvalue weighted by atomic mass is 9.99. The molecule has 3 N–H and O–H groups in total. The van der Waals surface area contributed by atoms with Crippen molar-refractivity contribution in [3.63, 3.8) is 0 Å². The highest BCUT2D eigenvalue weighted by Gasteiger charge is 2.29. The van der Waals surface area contributed by atoms with Crippen LogP contribution < -0.4 is 10.5 Å². The summed E-state index contributed by atoms with van der Waals surface area (Å²) in [6, 6.07) is -0.0835. The maximum Gasteiger partial charge on any atom is 0.212 e. The fraction of sp³-hybridized carbons (Fsp3) is 1.00. The summed E-state index contributed by atoms with van der Waals surface area (Å²) in [5.41, 5.74) is 5.72. The average molecular weight is 313 g/mol. The van der Waals surface area contributed by atoms with E-state index in [1.165, 1.54) is 12.8 Å². The van der Waals surface area contributed by atoms with E-state index in [-0.39, 0.29) is 30.1 Å². The Hall–Kier alpha value is 0.120. The molecule has 0 amide bonds. The van der Waals surface area contributed by atoms with Crippen molar-refractivity contribution >= 4 is 22.4 Å². The third-order valence-corrected chi connectivity index (χ3v) is 5.60. The van der Waals surface area contributed by atoms with E-state index in [9.17, 15) is 8.42 Å². The number of rotatable bonds is 6. The molecule has 1 saturated heterocycles. The predicted molar refractivity (Wildman–Crippen MR) is 77.9 cm³/mol. The number of nitrogens with one attached hydrogen (secondary N) is 1. The number of ether oxygens (including phenoxy) is 1. The molecule has 0 radical (unpaired) electrons. The third kappa shape index (κ3) is 5.19. The molecule has 0 aromatic heterocycles. The van der Waals surface area contributed by atoms with Gasteiger partial charge in [-0.3, -0.25) is 0 Å². The Morgan fingerprint density at radius 1 is 1.26 bits per heavy atom. The third-order valence-electron chi connectivity index (χ3n) is 4.03. The molecule has 5 nitrogen and oxygen atoms in total. The summed E-state index contributed by atoms with van der Waals surface area (Å²) in [6.45, 7) is 1.64. The number of sulfonamides is 1. The highest BCUT2D eigenvalue weighted by molar-refractivity contribution is 7.89. The quantitative estimate of drug-likeness (QED) is 0.763. The summed E-state index contributed by atoms with van der Waals surface area (Å²) in [7, 11) is -3.22. The summed E-state index contributed by atoms with van der Waals surface area (Å²) in [5, 5.41) is 0. The van der Waals surface area contributed by atoms with Gasteiger partial charge < -0.3 is 10.5 Å². The first-order valence-electron chi connectivity index (χ1n) is 6.88. The molecular formula is C12H25ClN2O3S. The summed E-state index contributed by atoms with van der Waals surface area (Å²) in [6.07, 6.45) is 5.42. The van der Waals surface area contributed by atoms with Gasteiger partial charge in [-0.05, 0) is 31.1 Å². The molecule has 1 aliphatic heterocycles. The van der Waals surface area contributed by atoms with E-state index < -0.39 is 10.0 Å². The number of hydrogen-bond donors (Lipinski definition) is 2. The van der Waals surface area contributed by atoms with Gasteiger partial charge in [0.25, 0.3) is 0 Å². The van der Waals surface area contributed by atoms with E-state index in [1.807, 2.05) is 0 Å². The van der Waals surface area contributed by atoms with Crippen molar-refractivity contribution in [2.45, 2.75) is 38.1 Å². The van der Waals surface area contributed by atoms with Crippen LogP contribution in [0.15, 0.2) is 0 Å². The molecule has 2 rings (SSSR count). The lowest BCUT2D eigenvalue weighted by molar-refractivity contribution is 0.188. The molecule has 0 spiro atoms. The lowest BCUT2D eigenvalue weighted by Crippen LogP contribution is -2.46. The SMILES string of the molecule is Cl.NCC(NS(=O)(=O)CC1CCOC1)C1CCCC1. The predicted octanol–water partition coefficient (Wildman–Crippen LogP) is 0.882. The Morgan fingerprint density at radius 3 is 2.47 bits per heavy atom. The Bertz CT molecular complexity index is 352. The van der Waals surface area contributed by atoms with E-state index in [1.54, 1.807) is 0 Å². The van der Waals surface area contributed by atoms with Crippen LogP contribution in [0.4, 0.5) is 0 Å². The monoisotopic (exact) mass is 312 g/mol. The van der Waals surface area contributed by atoms with Gasteiger partial charge in [-0.1, -0.05) is 12.8 Å². The average Bonchev–Trinajstić information content (AvgIpc) is 2.97. The number of nitrogens with two attached hydrogens (primary N) is 1. The van der Waals surface area contributed by atoms with Gasteiger partial charge in [0.2, 0.25) is 10.0 Å². The molecule has 2 fully saturated rings. The van der Waals surface area contributed by atoms with Crippen LogP contribution in [-0.2, 0) is 14.8 Å². The van der Waals surface area contributed by atoms with Crippen LogP contribution in [0.2, 0.25) is 0 Å². The molecule has 1 saturated carbocycles. The molecule has 0 aromatic rings. The number of halogens is 1. The second-order valence-corrected chi connectivity index (χ2v) is 7.31. The van der Waals surface area contributed by atoms with Gasteiger partial charge >= 0.3 is 0 Å². The van der Waals surface area contributed by atoms with Gasteiger partial charge in [0.1, 0.15) is 0 Å². The van der Waals surface area contributed by atoms with Crippen molar-refractivity contribution in [1.29, 1.82) is 0 Å². The smallest absolute Gasteiger partial charge is 0.212 e. The molecule has 2 unspecified atom stereocenters. The van der Waals surface area contributed by atoms with Gasteiger partial charge in [-0.25, -0.2) is 13.1 Å².